The molecule has 0 bridgehead atoms. The summed E-state index contributed by atoms with van der Waals surface area (Å²) in [4.78, 5) is 14.1. The lowest BCUT2D eigenvalue weighted by atomic mass is 9.87. The molecule has 160 valence electrons. The van der Waals surface area contributed by atoms with Crippen LogP contribution >= 0.6 is 11.6 Å². The molecule has 4 nitrogen and oxygen atoms in total. The number of H-pyrrole nitrogens is 1. The lowest BCUT2D eigenvalue weighted by molar-refractivity contribution is 0.158. The number of hydrogen-bond donors (Lipinski definition) is 1. The third-order valence-electron chi connectivity index (χ3n) is 6.28. The van der Waals surface area contributed by atoms with E-state index in [1.807, 2.05) is 13.0 Å². The maximum atomic E-state index is 13.8. The molecular weight excluding hydrogens is 425 g/mol. The Morgan fingerprint density at radius 3 is 2.68 bits per heavy atom. The number of piperidine rings is 1. The van der Waals surface area contributed by atoms with Gasteiger partial charge in [0.25, 0.3) is 0 Å². The predicted molar refractivity (Wildman–Crippen MR) is 115 cm³/mol. The third kappa shape index (κ3) is 3.55. The first-order chi connectivity index (χ1) is 14.9. The van der Waals surface area contributed by atoms with Crippen LogP contribution in [0.5, 0.6) is 0 Å². The summed E-state index contributed by atoms with van der Waals surface area (Å²) in [5.41, 5.74) is 2.54. The van der Waals surface area contributed by atoms with Crippen LogP contribution in [0.25, 0.3) is 21.9 Å². The minimum atomic E-state index is -1.08. The van der Waals surface area contributed by atoms with Crippen LogP contribution in [0.1, 0.15) is 43.1 Å². The highest BCUT2D eigenvalue weighted by Crippen LogP contribution is 2.36. The van der Waals surface area contributed by atoms with Gasteiger partial charge in [-0.05, 0) is 68.6 Å². The normalized spacial score (nSPS) is 16.9. The first-order valence-electron chi connectivity index (χ1n) is 10.2. The molecule has 1 fully saturated rings. The molecule has 0 amide bonds. The molecule has 8 heteroatoms. The quantitative estimate of drug-likeness (QED) is 0.387. The van der Waals surface area contributed by atoms with Gasteiger partial charge in [-0.2, -0.15) is 0 Å². The van der Waals surface area contributed by atoms with Crippen LogP contribution in [0, 0.1) is 17.5 Å². The number of aromatic nitrogens is 3. The largest absolute Gasteiger partial charge is 0.341 e. The van der Waals surface area contributed by atoms with Crippen LogP contribution < -0.4 is 0 Å². The van der Waals surface area contributed by atoms with Crippen LogP contribution in [-0.4, -0.2) is 32.9 Å². The number of hydrogen-bond acceptors (Lipinski definition) is 3. The van der Waals surface area contributed by atoms with Gasteiger partial charge in [0, 0.05) is 17.6 Å². The van der Waals surface area contributed by atoms with Crippen molar-refractivity contribution in [1.29, 1.82) is 0 Å². The summed E-state index contributed by atoms with van der Waals surface area (Å²) < 4.78 is 41.2. The Balaban J connectivity index is 1.36. The van der Waals surface area contributed by atoms with Gasteiger partial charge < -0.3 is 4.98 Å². The molecule has 1 atom stereocenters. The lowest BCUT2D eigenvalue weighted by Gasteiger charge is -2.35. The number of likely N-dealkylation sites (tertiary alicyclic amines) is 1. The van der Waals surface area contributed by atoms with E-state index in [1.165, 1.54) is 6.07 Å². The predicted octanol–water partition coefficient (Wildman–Crippen LogP) is 6.12. The van der Waals surface area contributed by atoms with E-state index in [1.54, 1.807) is 18.3 Å². The first kappa shape index (κ1) is 20.3. The van der Waals surface area contributed by atoms with E-state index in [0.29, 0.717) is 17.3 Å². The molecule has 1 N–H and O–H groups in total. The van der Waals surface area contributed by atoms with Crippen molar-refractivity contribution in [3.05, 3.63) is 70.4 Å². The maximum Gasteiger partial charge on any atom is 0.179 e. The van der Waals surface area contributed by atoms with E-state index >= 15 is 0 Å². The van der Waals surface area contributed by atoms with Gasteiger partial charge in [0.1, 0.15) is 22.2 Å². The molecule has 1 saturated heterocycles. The molecule has 31 heavy (non-hydrogen) atoms. The number of nitrogens with one attached hydrogen (secondary N) is 1. The molecular formula is C23H20ClF3N4. The monoisotopic (exact) mass is 444 g/mol. The SMILES string of the molecule is C[C@H](c1nc2c(Cl)c(F)c(F)cc2[nH]1)N1CCC(c2ccnc3ccc(F)cc23)CC1. The molecule has 0 saturated carbocycles. The Kier molecular flexibility index (Phi) is 5.10. The molecule has 5 rings (SSSR count). The van der Waals surface area contributed by atoms with Gasteiger partial charge >= 0.3 is 0 Å². The highest BCUT2D eigenvalue weighted by atomic mass is 35.5. The van der Waals surface area contributed by atoms with E-state index < -0.39 is 11.6 Å². The molecule has 1 aliphatic heterocycles. The Morgan fingerprint density at radius 2 is 1.90 bits per heavy atom. The second kappa shape index (κ2) is 7.80. The van der Waals surface area contributed by atoms with Crippen molar-refractivity contribution in [1.82, 2.24) is 19.9 Å². The molecule has 4 aromatic rings. The smallest absolute Gasteiger partial charge is 0.179 e. The summed E-state index contributed by atoms with van der Waals surface area (Å²) in [6, 6.07) is 7.70. The van der Waals surface area contributed by atoms with Crippen molar-refractivity contribution in [3.8, 4) is 0 Å². The van der Waals surface area contributed by atoms with Gasteiger partial charge in [-0.15, -0.1) is 0 Å². The second-order valence-electron chi connectivity index (χ2n) is 8.05. The van der Waals surface area contributed by atoms with Crippen molar-refractivity contribution in [2.24, 2.45) is 0 Å². The molecule has 2 aromatic carbocycles. The topological polar surface area (TPSA) is 44.8 Å². The van der Waals surface area contributed by atoms with Gasteiger partial charge in [0.05, 0.1) is 17.1 Å². The summed E-state index contributed by atoms with van der Waals surface area (Å²) in [5.74, 6) is -1.41. The molecule has 0 radical (unpaired) electrons. The van der Waals surface area contributed by atoms with E-state index in [0.717, 1.165) is 48.5 Å². The number of aromatic amines is 1. The van der Waals surface area contributed by atoms with Crippen LogP contribution in [0.2, 0.25) is 5.02 Å². The number of fused-ring (bicyclic) bond motifs is 2. The zero-order chi connectivity index (χ0) is 21.7. The van der Waals surface area contributed by atoms with E-state index in [2.05, 4.69) is 19.9 Å². The third-order valence-corrected chi connectivity index (χ3v) is 6.63. The summed E-state index contributed by atoms with van der Waals surface area (Å²) in [5, 5.41) is 0.560. The van der Waals surface area contributed by atoms with Gasteiger partial charge in [-0.1, -0.05) is 11.6 Å². The minimum Gasteiger partial charge on any atom is -0.341 e. The first-order valence-corrected chi connectivity index (χ1v) is 10.6. The highest BCUT2D eigenvalue weighted by molar-refractivity contribution is 6.35. The summed E-state index contributed by atoms with van der Waals surface area (Å²) in [7, 11) is 0. The van der Waals surface area contributed by atoms with Gasteiger partial charge in [0.15, 0.2) is 11.6 Å². The summed E-state index contributed by atoms with van der Waals surface area (Å²) >= 11 is 5.94. The Labute approximate surface area is 182 Å². The Bertz CT molecular complexity index is 1280. The number of pyridine rings is 1. The second-order valence-corrected chi connectivity index (χ2v) is 8.43. The standard InChI is InChI=1S/C23H20ClF3N4/c1-12(23-29-19-11-17(26)21(27)20(24)22(19)30-23)31-8-5-13(6-9-31)15-4-7-28-18-3-2-14(25)10-16(15)18/h2-4,7,10-13H,5-6,8-9H2,1H3,(H,29,30)/t12-/m1/s1. The van der Waals surface area contributed by atoms with Crippen LogP contribution in [0.15, 0.2) is 36.5 Å². The van der Waals surface area contributed by atoms with Gasteiger partial charge in [-0.25, -0.2) is 18.2 Å². The average molecular weight is 445 g/mol. The van der Waals surface area contributed by atoms with Crippen LogP contribution in [0.4, 0.5) is 13.2 Å². The van der Waals surface area contributed by atoms with E-state index in [-0.39, 0.29) is 22.4 Å². The fourth-order valence-electron chi connectivity index (χ4n) is 4.54. The molecule has 0 unspecified atom stereocenters. The number of rotatable bonds is 3. The zero-order valence-electron chi connectivity index (χ0n) is 16.8. The minimum absolute atomic E-state index is 0.0674. The lowest BCUT2D eigenvalue weighted by Crippen LogP contribution is -2.35. The van der Waals surface area contributed by atoms with Gasteiger partial charge in [-0.3, -0.25) is 9.88 Å². The molecule has 3 heterocycles. The van der Waals surface area contributed by atoms with Crippen LogP contribution in [-0.2, 0) is 0 Å². The van der Waals surface area contributed by atoms with Crippen molar-refractivity contribution < 1.29 is 13.2 Å². The maximum absolute atomic E-state index is 13.8. The average Bonchev–Trinajstić information content (AvgIpc) is 3.21. The highest BCUT2D eigenvalue weighted by Gasteiger charge is 2.27. The number of imidazole rings is 1. The fraction of sp³-hybridized carbons (Fsp3) is 0.304. The molecule has 2 aromatic heterocycles. The molecule has 0 spiro atoms. The summed E-state index contributed by atoms with van der Waals surface area (Å²) in [6.07, 6.45) is 3.59. The Hall–Kier alpha value is -2.64. The molecule has 1 aliphatic rings. The number of nitrogens with zero attached hydrogens (tertiary/aromatic N) is 3. The zero-order valence-corrected chi connectivity index (χ0v) is 17.6. The van der Waals surface area contributed by atoms with E-state index in [9.17, 15) is 13.2 Å². The van der Waals surface area contributed by atoms with Crippen LogP contribution in [0.3, 0.4) is 0 Å². The van der Waals surface area contributed by atoms with E-state index in [4.69, 9.17) is 11.6 Å². The molecule has 0 aliphatic carbocycles. The van der Waals surface area contributed by atoms with Crippen molar-refractivity contribution in [2.75, 3.05) is 13.1 Å². The van der Waals surface area contributed by atoms with Crippen molar-refractivity contribution in [2.45, 2.75) is 31.7 Å². The number of halogens is 4. The summed E-state index contributed by atoms with van der Waals surface area (Å²) in [6.45, 7) is 3.65. The number of benzene rings is 2. The van der Waals surface area contributed by atoms with Crippen molar-refractivity contribution in [3.63, 3.8) is 0 Å². The Morgan fingerprint density at radius 1 is 1.13 bits per heavy atom. The van der Waals surface area contributed by atoms with Crippen molar-refractivity contribution >= 4 is 33.5 Å². The van der Waals surface area contributed by atoms with Gasteiger partial charge in [0.2, 0.25) is 0 Å². The fourth-order valence-corrected chi connectivity index (χ4v) is 4.78.